The zero-order chi connectivity index (χ0) is 45.3. The third kappa shape index (κ3) is 8.88. The summed E-state index contributed by atoms with van der Waals surface area (Å²) in [4.78, 5) is 4.88. The van der Waals surface area contributed by atoms with Gasteiger partial charge < -0.3 is 13.9 Å². The van der Waals surface area contributed by atoms with Crippen LogP contribution in [0.4, 0.5) is 0 Å². The molecule has 0 atom stereocenters. The first kappa shape index (κ1) is 45.5. The third-order valence-electron chi connectivity index (χ3n) is 12.4. The molecular weight excluding hydrogens is 976 g/mol. The number of aryl methyl sites for hydroxylation is 3. The largest absolute Gasteiger partial charge is 0.510 e. The molecule has 0 aliphatic rings. The summed E-state index contributed by atoms with van der Waals surface area (Å²) in [6.07, 6.45) is 7.94. The summed E-state index contributed by atoms with van der Waals surface area (Å²) in [6.45, 7) is 26.8. The van der Waals surface area contributed by atoms with Gasteiger partial charge in [0.2, 0.25) is 0 Å². The maximum absolute atomic E-state index is 6.85. The van der Waals surface area contributed by atoms with E-state index < -0.39 is 0 Å². The second-order valence-electron chi connectivity index (χ2n) is 20.5. The van der Waals surface area contributed by atoms with Gasteiger partial charge in [0.1, 0.15) is 5.82 Å². The SMILES string of the molecule is Cc1ccccc1-c1cc(-c2c(C)cccc2C)cc(-[n+]2[c-]n(-c3[c-]c(Oc4[c-]c5c(cc4)c4ccccc4n5-c4cc(C(C)(C)C)ccn4)cc(C(C)(C)C)c3)c(C(C)(C)C)c2)c1.[Pt]. The van der Waals surface area contributed by atoms with Crippen LogP contribution in [0.25, 0.3) is 61.3 Å². The number of aromatic nitrogens is 4. The van der Waals surface area contributed by atoms with Crippen LogP contribution in [0.5, 0.6) is 11.5 Å². The van der Waals surface area contributed by atoms with Crippen molar-refractivity contribution in [3.8, 4) is 50.9 Å². The molecule has 0 aliphatic heterocycles. The molecule has 65 heavy (non-hydrogen) atoms. The molecule has 0 bridgehead atoms. The van der Waals surface area contributed by atoms with E-state index in [1.165, 1.54) is 44.5 Å². The Morgan fingerprint density at radius 2 is 1.26 bits per heavy atom. The van der Waals surface area contributed by atoms with Crippen molar-refractivity contribution in [2.75, 3.05) is 0 Å². The fourth-order valence-electron chi connectivity index (χ4n) is 8.87. The maximum Gasteiger partial charge on any atom is 0.267 e. The molecule has 9 rings (SSSR count). The predicted octanol–water partition coefficient (Wildman–Crippen LogP) is 14.6. The van der Waals surface area contributed by atoms with Crippen molar-refractivity contribution in [2.45, 2.75) is 99.3 Å². The number of fused-ring (bicyclic) bond motifs is 3. The molecule has 332 valence electrons. The van der Waals surface area contributed by atoms with E-state index >= 15 is 0 Å². The monoisotopic (exact) mass is 1030 g/mol. The van der Waals surface area contributed by atoms with Crippen LogP contribution in [0, 0.1) is 39.2 Å². The van der Waals surface area contributed by atoms with Crippen LogP contribution in [-0.4, -0.2) is 14.1 Å². The average molecular weight is 1030 g/mol. The van der Waals surface area contributed by atoms with Gasteiger partial charge in [-0.1, -0.05) is 128 Å². The Hall–Kier alpha value is -6.03. The molecule has 0 saturated heterocycles. The Labute approximate surface area is 400 Å². The van der Waals surface area contributed by atoms with Crippen LogP contribution in [0.1, 0.15) is 95.8 Å². The van der Waals surface area contributed by atoms with Gasteiger partial charge in [0, 0.05) is 50.5 Å². The van der Waals surface area contributed by atoms with Crippen molar-refractivity contribution in [1.82, 2.24) is 14.1 Å². The Bertz CT molecular complexity index is 3220. The molecule has 5 nitrogen and oxygen atoms in total. The van der Waals surface area contributed by atoms with E-state index in [-0.39, 0.29) is 37.3 Å². The van der Waals surface area contributed by atoms with Gasteiger partial charge in [0.05, 0.1) is 11.4 Å². The van der Waals surface area contributed by atoms with Crippen LogP contribution in [0.15, 0.2) is 134 Å². The standard InChI is InChI=1S/C59H58N4O.Pt/c1-38-18-13-14-21-49(38)41-28-42(56-39(2)19-17-20-40(56)3)30-45(29-41)61-36-54(59(10,11)12)62(37-61)46-31-44(58(7,8)9)32-48(34-46)64-47-24-25-51-50-22-15-16-23-52(50)63(53(51)35-47)55-33-43(26-27-60-55)57(4,5)6;/h13-33,36H,1-12H3;/q-2;. The first-order valence-electron chi connectivity index (χ1n) is 22.4. The number of benzene rings is 6. The number of rotatable bonds is 7. The summed E-state index contributed by atoms with van der Waals surface area (Å²) in [5.41, 5.74) is 15.4. The molecule has 3 heterocycles. The predicted molar refractivity (Wildman–Crippen MR) is 264 cm³/mol. The molecule has 0 amide bonds. The first-order valence-corrected chi connectivity index (χ1v) is 22.4. The van der Waals surface area contributed by atoms with Gasteiger partial charge in [0.25, 0.3) is 6.33 Å². The van der Waals surface area contributed by atoms with Gasteiger partial charge >= 0.3 is 0 Å². The summed E-state index contributed by atoms with van der Waals surface area (Å²) < 4.78 is 13.4. The quantitative estimate of drug-likeness (QED) is 0.118. The summed E-state index contributed by atoms with van der Waals surface area (Å²) >= 11 is 0. The molecule has 6 heteroatoms. The molecule has 6 aromatic carbocycles. The smallest absolute Gasteiger partial charge is 0.267 e. The van der Waals surface area contributed by atoms with Crippen molar-refractivity contribution >= 4 is 21.8 Å². The number of ether oxygens (including phenoxy) is 1. The van der Waals surface area contributed by atoms with Crippen molar-refractivity contribution in [2.24, 2.45) is 0 Å². The van der Waals surface area contributed by atoms with Crippen LogP contribution in [-0.2, 0) is 37.3 Å². The molecule has 9 aromatic rings. The minimum absolute atomic E-state index is 0. The summed E-state index contributed by atoms with van der Waals surface area (Å²) in [5.74, 6) is 2.07. The van der Waals surface area contributed by atoms with E-state index in [4.69, 9.17) is 9.72 Å². The van der Waals surface area contributed by atoms with Crippen molar-refractivity contribution in [1.29, 1.82) is 0 Å². The molecule has 0 radical (unpaired) electrons. The van der Waals surface area contributed by atoms with Gasteiger partial charge in [-0.15, -0.1) is 29.7 Å². The van der Waals surface area contributed by atoms with Crippen LogP contribution in [0.3, 0.4) is 0 Å². The van der Waals surface area contributed by atoms with E-state index in [0.29, 0.717) is 11.5 Å². The van der Waals surface area contributed by atoms with Gasteiger partial charge in [-0.2, -0.15) is 17.7 Å². The number of para-hydroxylation sites is 1. The minimum atomic E-state index is -0.234. The van der Waals surface area contributed by atoms with Crippen LogP contribution >= 0.6 is 0 Å². The van der Waals surface area contributed by atoms with Crippen LogP contribution < -0.4 is 9.30 Å². The molecule has 0 aliphatic carbocycles. The normalized spacial score (nSPS) is 12.2. The van der Waals surface area contributed by atoms with E-state index in [1.807, 2.05) is 12.3 Å². The van der Waals surface area contributed by atoms with Crippen molar-refractivity contribution < 1.29 is 30.4 Å². The zero-order valence-electron chi connectivity index (χ0n) is 39.7. The zero-order valence-corrected chi connectivity index (χ0v) is 42.0. The number of hydrogen-bond donors (Lipinski definition) is 0. The molecule has 0 fully saturated rings. The molecule has 0 unspecified atom stereocenters. The number of pyridine rings is 1. The van der Waals surface area contributed by atoms with E-state index in [1.54, 1.807) is 0 Å². The van der Waals surface area contributed by atoms with Gasteiger partial charge in [0.15, 0.2) is 0 Å². The molecule has 0 spiro atoms. The van der Waals surface area contributed by atoms with Gasteiger partial charge in [-0.3, -0.25) is 4.57 Å². The summed E-state index contributed by atoms with van der Waals surface area (Å²) in [6, 6.07) is 50.7. The summed E-state index contributed by atoms with van der Waals surface area (Å²) in [7, 11) is 0. The van der Waals surface area contributed by atoms with E-state index in [0.717, 1.165) is 50.3 Å². The number of imidazole rings is 1. The Morgan fingerprint density at radius 1 is 0.585 bits per heavy atom. The first-order chi connectivity index (χ1) is 30.3. The number of nitrogens with zero attached hydrogens (tertiary/aromatic N) is 4. The van der Waals surface area contributed by atoms with Crippen molar-refractivity contribution in [3.63, 3.8) is 0 Å². The van der Waals surface area contributed by atoms with Crippen LogP contribution in [0.2, 0.25) is 0 Å². The topological polar surface area (TPSA) is 35.9 Å². The van der Waals surface area contributed by atoms with Gasteiger partial charge in [-0.25, -0.2) is 4.98 Å². The minimum Gasteiger partial charge on any atom is -0.510 e. The van der Waals surface area contributed by atoms with Crippen molar-refractivity contribution in [3.05, 3.63) is 186 Å². The Kier molecular flexibility index (Phi) is 12.0. The molecule has 3 aromatic heterocycles. The third-order valence-corrected chi connectivity index (χ3v) is 12.4. The summed E-state index contributed by atoms with van der Waals surface area (Å²) in [5, 5.41) is 2.23. The average Bonchev–Trinajstić information content (AvgIpc) is 3.84. The molecular formula is C59H58N4OPt-2. The Morgan fingerprint density at radius 3 is 1.97 bits per heavy atom. The second kappa shape index (κ2) is 17.1. The van der Waals surface area contributed by atoms with E-state index in [2.05, 4.69) is 237 Å². The second-order valence-corrected chi connectivity index (χ2v) is 20.5. The Balaban J connectivity index is 0.00000576. The van der Waals surface area contributed by atoms with E-state index in [9.17, 15) is 0 Å². The van der Waals surface area contributed by atoms with Gasteiger partial charge in [-0.05, 0) is 129 Å². The maximum atomic E-state index is 6.85. The fraction of sp³-hybridized carbons (Fsp3) is 0.254. The fourth-order valence-corrected chi connectivity index (χ4v) is 8.87. The molecule has 0 saturated carbocycles. The number of hydrogen-bond acceptors (Lipinski definition) is 2. The molecule has 0 N–H and O–H groups in total.